The summed E-state index contributed by atoms with van der Waals surface area (Å²) in [6, 6.07) is 3.45. The van der Waals surface area contributed by atoms with Gasteiger partial charge in [-0.3, -0.25) is 4.90 Å². The van der Waals surface area contributed by atoms with Crippen molar-refractivity contribution < 1.29 is 49.3 Å². The Morgan fingerprint density at radius 2 is 1.82 bits per heavy atom. The number of halogens is 8. The molecule has 3 saturated heterocycles. The molecule has 326 valence electrons. The van der Waals surface area contributed by atoms with Crippen LogP contribution in [0.4, 0.5) is 51.8 Å². The molecule has 3 atom stereocenters. The average molecular weight is 887 g/mol. The minimum Gasteiger partial charge on any atom is -0.490 e. The first-order valence-corrected chi connectivity index (χ1v) is 21.1. The molecule has 1 spiro atoms. The maximum Gasteiger partial charge on any atom is 0.420 e. The summed E-state index contributed by atoms with van der Waals surface area (Å²) in [5.74, 6) is -7.12. The third-order valence-electron chi connectivity index (χ3n) is 13.5. The summed E-state index contributed by atoms with van der Waals surface area (Å²) in [5, 5.41) is 9.05. The van der Waals surface area contributed by atoms with E-state index in [1.807, 2.05) is 11.0 Å². The third-order valence-corrected chi connectivity index (χ3v) is 14.5. The van der Waals surface area contributed by atoms with Gasteiger partial charge < -0.3 is 30.6 Å². The Bertz CT molecular complexity index is 2710. The van der Waals surface area contributed by atoms with Crippen LogP contribution in [0.1, 0.15) is 67.7 Å². The maximum absolute atomic E-state index is 17.8. The molecule has 62 heavy (non-hydrogen) atoms. The monoisotopic (exact) mass is 886 g/mol. The molecule has 20 heteroatoms. The number of nitrogen functional groups attached to an aromatic ring is 2. The lowest BCUT2D eigenvalue weighted by molar-refractivity contribution is -0.138. The molecule has 11 nitrogen and oxygen atoms in total. The zero-order chi connectivity index (χ0) is 43.5. The molecule has 0 bridgehead atoms. The number of hydrogen-bond donors (Lipinski definition) is 2. The highest BCUT2D eigenvalue weighted by atomic mass is 32.1. The normalized spacial score (nSPS) is 24.0. The van der Waals surface area contributed by atoms with E-state index in [0.29, 0.717) is 56.8 Å². The number of hydrogen-bond acceptors (Lipinski definition) is 12. The number of benzene rings is 2. The predicted molar refractivity (Wildman–Crippen MR) is 212 cm³/mol. The number of nitrogens with two attached hydrogens (primary N) is 2. The summed E-state index contributed by atoms with van der Waals surface area (Å²) in [4.78, 5) is 16.7. The fourth-order valence-electron chi connectivity index (χ4n) is 10.5. The van der Waals surface area contributed by atoms with Gasteiger partial charge in [0, 0.05) is 42.7 Å². The topological polar surface area (TPSA) is 149 Å². The van der Waals surface area contributed by atoms with Crippen LogP contribution in [0.25, 0.3) is 32.1 Å². The van der Waals surface area contributed by atoms with Gasteiger partial charge in [-0.1, -0.05) is 6.07 Å². The van der Waals surface area contributed by atoms with Gasteiger partial charge in [-0.25, -0.2) is 26.9 Å². The number of aromatic nitrogens is 3. The van der Waals surface area contributed by atoms with E-state index in [-0.39, 0.29) is 82.7 Å². The van der Waals surface area contributed by atoms with Crippen LogP contribution in [-0.2, 0) is 10.9 Å². The average Bonchev–Trinajstić information content (AvgIpc) is 3.47. The van der Waals surface area contributed by atoms with Crippen LogP contribution < -0.4 is 25.8 Å². The van der Waals surface area contributed by atoms with Crippen molar-refractivity contribution in [3.63, 3.8) is 0 Å². The fraction of sp³-hybridized carbons (Fsp3) is 0.476. The lowest BCUT2D eigenvalue weighted by Crippen LogP contribution is -2.43. The maximum atomic E-state index is 17.8. The quantitative estimate of drug-likeness (QED) is 0.144. The van der Waals surface area contributed by atoms with Crippen molar-refractivity contribution in [2.75, 3.05) is 62.4 Å². The second kappa shape index (κ2) is 14.4. The molecule has 10 rings (SSSR count). The Morgan fingerprint density at radius 3 is 2.55 bits per heavy atom. The molecule has 0 unspecified atom stereocenters. The Labute approximate surface area is 352 Å². The Hall–Kier alpha value is -5.26. The highest BCUT2D eigenvalue weighted by Crippen LogP contribution is 2.69. The largest absolute Gasteiger partial charge is 0.490 e. The highest BCUT2D eigenvalue weighted by Gasteiger charge is 2.77. The van der Waals surface area contributed by atoms with Crippen LogP contribution in [-0.4, -0.2) is 77.4 Å². The zero-order valence-electron chi connectivity index (χ0n) is 32.9. The highest BCUT2D eigenvalue weighted by molar-refractivity contribution is 7.23. The Balaban J connectivity index is 1.22. The van der Waals surface area contributed by atoms with E-state index in [4.69, 9.17) is 30.7 Å². The molecule has 5 aromatic rings. The Morgan fingerprint density at radius 1 is 1.05 bits per heavy atom. The molecule has 3 aromatic heterocycles. The van der Waals surface area contributed by atoms with Crippen LogP contribution in [0, 0.1) is 40.1 Å². The van der Waals surface area contributed by atoms with Crippen LogP contribution in [0.5, 0.6) is 11.8 Å². The number of nitriles is 1. The minimum absolute atomic E-state index is 0.0334. The standard InChI is InChI=1S/C42H38F8N8O3S/c43-21-13-23(35(52)54-15-21)26(12-20-4-9-59-10-5-20)58-8-11-60-33-29-32(55-38(56-37(29)58)61-19-40-6-1-7-57(40)18-39(16-40)17-41(39,46)47)31(45)28(30(33)42(48,49)50)22-2-3-25(44)34-27(22)24(14-51)36(53)62-34/h2-3,13,15,20,26H,1,4-12,16-19,53H2,(H2,52,54)/t26-,39+,40+/m1/s1. The Kier molecular flexibility index (Phi) is 9.47. The van der Waals surface area contributed by atoms with E-state index < -0.39 is 92.5 Å². The molecule has 4 aliphatic heterocycles. The van der Waals surface area contributed by atoms with Crippen LogP contribution in [0.2, 0.25) is 0 Å². The number of alkyl halides is 5. The summed E-state index contributed by atoms with van der Waals surface area (Å²) in [6.45, 7) is 0.812. The van der Waals surface area contributed by atoms with Crippen molar-refractivity contribution in [2.45, 2.75) is 68.6 Å². The number of nitrogens with zero attached hydrogens (tertiary/aromatic N) is 6. The number of fused-ring (bicyclic) bond motifs is 2. The van der Waals surface area contributed by atoms with Crippen LogP contribution >= 0.6 is 11.3 Å². The zero-order valence-corrected chi connectivity index (χ0v) is 33.7. The van der Waals surface area contributed by atoms with Crippen molar-refractivity contribution in [1.82, 2.24) is 19.9 Å². The molecule has 4 N–H and O–H groups in total. The molecule has 5 aliphatic rings. The first-order valence-electron chi connectivity index (χ1n) is 20.2. The van der Waals surface area contributed by atoms with Crippen molar-refractivity contribution in [2.24, 2.45) is 11.3 Å². The molecule has 0 amide bonds. The van der Waals surface area contributed by atoms with Gasteiger partial charge in [-0.15, -0.1) is 11.3 Å². The van der Waals surface area contributed by atoms with Crippen molar-refractivity contribution >= 4 is 49.0 Å². The minimum atomic E-state index is -5.33. The van der Waals surface area contributed by atoms with Gasteiger partial charge in [0.05, 0.1) is 45.4 Å². The second-order valence-corrected chi connectivity index (χ2v) is 18.1. The van der Waals surface area contributed by atoms with Crippen LogP contribution in [0.15, 0.2) is 24.4 Å². The van der Waals surface area contributed by atoms with E-state index in [0.717, 1.165) is 18.3 Å². The molecular weight excluding hydrogens is 849 g/mol. The lowest BCUT2D eigenvalue weighted by atomic mass is 9.88. The van der Waals surface area contributed by atoms with Crippen molar-refractivity contribution in [1.29, 1.82) is 5.26 Å². The first-order chi connectivity index (χ1) is 29.5. The SMILES string of the molecule is N#Cc1c(N)sc2c(F)ccc(-c3c(C(F)(F)F)c4c5c(nc(OC[C@@]67CCCN6C[C@@]6(CC6(F)F)C7)nc5c3F)N([C@H](CC3CCOCC3)c3cc(F)cnc3N)CCO4)c12. The summed E-state index contributed by atoms with van der Waals surface area (Å²) >= 11 is 0.631. The van der Waals surface area contributed by atoms with Crippen molar-refractivity contribution in [3.05, 3.63) is 58.5 Å². The summed E-state index contributed by atoms with van der Waals surface area (Å²) < 4.78 is 143. The van der Waals surface area contributed by atoms with E-state index in [1.165, 1.54) is 6.07 Å². The number of thiophene rings is 1. The number of pyridine rings is 1. The molecular formula is C42H38F8N8O3S. The van der Waals surface area contributed by atoms with E-state index >= 15 is 26.3 Å². The lowest BCUT2D eigenvalue weighted by Gasteiger charge is -2.36. The van der Waals surface area contributed by atoms with E-state index in [9.17, 15) is 14.0 Å². The molecule has 0 radical (unpaired) electrons. The van der Waals surface area contributed by atoms with Crippen LogP contribution in [0.3, 0.4) is 0 Å². The van der Waals surface area contributed by atoms with Gasteiger partial charge in [-0.2, -0.15) is 28.4 Å². The second-order valence-electron chi connectivity index (χ2n) is 17.1. The molecule has 7 heterocycles. The molecule has 2 aromatic carbocycles. The summed E-state index contributed by atoms with van der Waals surface area (Å²) in [5.41, 5.74) is 6.49. The summed E-state index contributed by atoms with van der Waals surface area (Å²) in [7, 11) is 0. The van der Waals surface area contributed by atoms with Gasteiger partial charge in [0.2, 0.25) is 0 Å². The van der Waals surface area contributed by atoms with E-state index in [2.05, 4.69) is 9.97 Å². The van der Waals surface area contributed by atoms with Gasteiger partial charge in [0.1, 0.15) is 64.4 Å². The summed E-state index contributed by atoms with van der Waals surface area (Å²) in [6.07, 6.45) is -1.79. The number of ether oxygens (including phenoxy) is 3. The smallest absolute Gasteiger partial charge is 0.420 e. The van der Waals surface area contributed by atoms with Crippen molar-refractivity contribution in [3.8, 4) is 29.0 Å². The molecule has 1 saturated carbocycles. The number of rotatable bonds is 8. The fourth-order valence-corrected chi connectivity index (χ4v) is 11.4. The molecule has 1 aliphatic carbocycles. The third kappa shape index (κ3) is 6.35. The van der Waals surface area contributed by atoms with Gasteiger partial charge in [0.15, 0.2) is 5.82 Å². The molecule has 4 fully saturated rings. The van der Waals surface area contributed by atoms with Gasteiger partial charge >= 0.3 is 12.2 Å². The first kappa shape index (κ1) is 40.8. The van der Waals surface area contributed by atoms with Gasteiger partial charge in [0.25, 0.3) is 5.92 Å². The predicted octanol–water partition coefficient (Wildman–Crippen LogP) is 8.78. The van der Waals surface area contributed by atoms with E-state index in [1.54, 1.807) is 4.90 Å². The van der Waals surface area contributed by atoms with Gasteiger partial charge in [-0.05, 0) is 68.7 Å². The number of anilines is 3.